The fourth-order valence-corrected chi connectivity index (χ4v) is 1.35. The number of nitrogens with two attached hydrogens (primary N) is 1. The summed E-state index contributed by atoms with van der Waals surface area (Å²) < 4.78 is 0. The maximum atomic E-state index is 5.47. The van der Waals surface area contributed by atoms with Gasteiger partial charge in [-0.15, -0.1) is 0 Å². The van der Waals surface area contributed by atoms with Crippen LogP contribution in [0, 0.1) is 0 Å². The lowest BCUT2D eigenvalue weighted by Crippen LogP contribution is -1.99. The fourth-order valence-electron chi connectivity index (χ4n) is 1.35. The quantitative estimate of drug-likeness (QED) is 0.582. The molecule has 0 unspecified atom stereocenters. The zero-order chi connectivity index (χ0) is 9.23. The van der Waals surface area contributed by atoms with Crippen LogP contribution in [0.15, 0.2) is 11.6 Å². The Balaban J connectivity index is 3.62. The fraction of sp³-hybridized carbons (Fsp3) is 0.818. The summed E-state index contributed by atoms with van der Waals surface area (Å²) >= 11 is 0. The second kappa shape index (κ2) is 8.79. The highest BCUT2D eigenvalue weighted by atomic mass is 14.5. The van der Waals surface area contributed by atoms with Crippen LogP contribution in [-0.2, 0) is 0 Å². The van der Waals surface area contributed by atoms with Crippen LogP contribution in [0.25, 0.3) is 0 Å². The first kappa shape index (κ1) is 11.7. The molecule has 0 amide bonds. The lowest BCUT2D eigenvalue weighted by Gasteiger charge is -2.05. The molecule has 0 aromatic carbocycles. The van der Waals surface area contributed by atoms with Gasteiger partial charge in [0.15, 0.2) is 0 Å². The lowest BCUT2D eigenvalue weighted by atomic mass is 10.0. The summed E-state index contributed by atoms with van der Waals surface area (Å²) in [5.74, 6) is 0. The molecular weight excluding hydrogens is 146 g/mol. The molecule has 0 bridgehead atoms. The molecular formula is C11H23N. The van der Waals surface area contributed by atoms with E-state index in [9.17, 15) is 0 Å². The third-order valence-corrected chi connectivity index (χ3v) is 2.05. The summed E-state index contributed by atoms with van der Waals surface area (Å²) in [4.78, 5) is 0. The summed E-state index contributed by atoms with van der Waals surface area (Å²) in [5.41, 5.74) is 7.09. The van der Waals surface area contributed by atoms with Crippen molar-refractivity contribution in [2.24, 2.45) is 5.73 Å². The summed E-state index contributed by atoms with van der Waals surface area (Å²) in [6.07, 6.45) is 9.80. The van der Waals surface area contributed by atoms with Crippen LogP contribution in [0.3, 0.4) is 0 Å². The summed E-state index contributed by atoms with van der Waals surface area (Å²) in [6.45, 7) is 5.27. The van der Waals surface area contributed by atoms with Crippen molar-refractivity contribution in [2.75, 3.05) is 6.54 Å². The number of allylic oxidation sites excluding steroid dienone is 2. The van der Waals surface area contributed by atoms with E-state index in [-0.39, 0.29) is 0 Å². The van der Waals surface area contributed by atoms with Gasteiger partial charge in [0.2, 0.25) is 0 Å². The van der Waals surface area contributed by atoms with Crippen molar-refractivity contribution in [1.29, 1.82) is 0 Å². The Morgan fingerprint density at radius 3 is 2.33 bits per heavy atom. The zero-order valence-electron chi connectivity index (χ0n) is 8.60. The van der Waals surface area contributed by atoms with Crippen LogP contribution < -0.4 is 5.73 Å². The molecule has 0 fully saturated rings. The van der Waals surface area contributed by atoms with Gasteiger partial charge in [0.1, 0.15) is 0 Å². The van der Waals surface area contributed by atoms with E-state index in [2.05, 4.69) is 19.9 Å². The number of unbranched alkanes of at least 4 members (excludes halogenated alkanes) is 1. The van der Waals surface area contributed by atoms with E-state index in [1.807, 2.05) is 0 Å². The smallest absolute Gasteiger partial charge is 0.00742 e. The molecule has 12 heavy (non-hydrogen) atoms. The first-order chi connectivity index (χ1) is 5.85. The second-order valence-electron chi connectivity index (χ2n) is 3.27. The predicted molar refractivity (Wildman–Crippen MR) is 56.2 cm³/mol. The highest BCUT2D eigenvalue weighted by Crippen LogP contribution is 2.13. The van der Waals surface area contributed by atoms with E-state index in [1.54, 1.807) is 5.57 Å². The molecule has 0 saturated carbocycles. The van der Waals surface area contributed by atoms with Crippen molar-refractivity contribution in [3.05, 3.63) is 11.6 Å². The maximum Gasteiger partial charge on any atom is -0.00742 e. The minimum absolute atomic E-state index is 0.827. The topological polar surface area (TPSA) is 26.0 Å². The SMILES string of the molecule is CCC=C(CCCC)CCCN. The molecule has 0 aliphatic rings. The van der Waals surface area contributed by atoms with Crippen molar-refractivity contribution in [2.45, 2.75) is 52.4 Å². The predicted octanol–water partition coefficient (Wildman–Crippen LogP) is 3.25. The van der Waals surface area contributed by atoms with E-state index in [4.69, 9.17) is 5.73 Å². The zero-order valence-corrected chi connectivity index (χ0v) is 8.60. The number of hydrogen-bond acceptors (Lipinski definition) is 1. The van der Waals surface area contributed by atoms with Crippen LogP contribution in [0.5, 0.6) is 0 Å². The Kier molecular flexibility index (Phi) is 8.57. The van der Waals surface area contributed by atoms with Crippen LogP contribution in [0.1, 0.15) is 52.4 Å². The molecule has 0 rings (SSSR count). The van der Waals surface area contributed by atoms with E-state index < -0.39 is 0 Å². The van der Waals surface area contributed by atoms with Crippen molar-refractivity contribution in [3.63, 3.8) is 0 Å². The Labute approximate surface area is 77.0 Å². The highest BCUT2D eigenvalue weighted by Gasteiger charge is 1.95. The third-order valence-electron chi connectivity index (χ3n) is 2.05. The van der Waals surface area contributed by atoms with Gasteiger partial charge in [0, 0.05) is 0 Å². The molecule has 1 heteroatoms. The Hall–Kier alpha value is -0.300. The van der Waals surface area contributed by atoms with Gasteiger partial charge < -0.3 is 5.73 Å². The largest absolute Gasteiger partial charge is 0.330 e. The van der Waals surface area contributed by atoms with Crippen molar-refractivity contribution in [1.82, 2.24) is 0 Å². The van der Waals surface area contributed by atoms with Crippen LogP contribution >= 0.6 is 0 Å². The monoisotopic (exact) mass is 169 g/mol. The van der Waals surface area contributed by atoms with Crippen LogP contribution in [0.2, 0.25) is 0 Å². The van der Waals surface area contributed by atoms with E-state index in [0.29, 0.717) is 0 Å². The maximum absolute atomic E-state index is 5.47. The van der Waals surface area contributed by atoms with E-state index in [0.717, 1.165) is 13.0 Å². The molecule has 0 radical (unpaired) electrons. The molecule has 0 heterocycles. The average Bonchev–Trinajstić information content (AvgIpc) is 2.10. The average molecular weight is 169 g/mol. The van der Waals surface area contributed by atoms with Gasteiger partial charge in [0.25, 0.3) is 0 Å². The van der Waals surface area contributed by atoms with Crippen LogP contribution in [0.4, 0.5) is 0 Å². The molecule has 0 spiro atoms. The molecule has 0 aromatic heterocycles. The normalized spacial score (nSPS) is 12.1. The van der Waals surface area contributed by atoms with Crippen molar-refractivity contribution >= 4 is 0 Å². The molecule has 72 valence electrons. The first-order valence-corrected chi connectivity index (χ1v) is 5.23. The van der Waals surface area contributed by atoms with Gasteiger partial charge in [-0.25, -0.2) is 0 Å². The molecule has 2 N–H and O–H groups in total. The highest BCUT2D eigenvalue weighted by molar-refractivity contribution is 5.01. The molecule has 0 aromatic rings. The third kappa shape index (κ3) is 6.41. The van der Waals surface area contributed by atoms with E-state index >= 15 is 0 Å². The van der Waals surface area contributed by atoms with Gasteiger partial charge in [-0.1, -0.05) is 31.9 Å². The Morgan fingerprint density at radius 2 is 1.83 bits per heavy atom. The summed E-state index contributed by atoms with van der Waals surface area (Å²) in [6, 6.07) is 0. The molecule has 0 saturated heterocycles. The summed E-state index contributed by atoms with van der Waals surface area (Å²) in [7, 11) is 0. The molecule has 0 atom stereocenters. The molecule has 0 aliphatic carbocycles. The minimum Gasteiger partial charge on any atom is -0.330 e. The standard InChI is InChI=1S/C11H23N/c1-3-5-8-11(7-4-2)9-6-10-12/h7H,3-6,8-10,12H2,1-2H3. The van der Waals surface area contributed by atoms with Crippen molar-refractivity contribution < 1.29 is 0 Å². The van der Waals surface area contributed by atoms with Gasteiger partial charge in [-0.05, 0) is 38.6 Å². The first-order valence-electron chi connectivity index (χ1n) is 5.23. The van der Waals surface area contributed by atoms with Crippen molar-refractivity contribution in [3.8, 4) is 0 Å². The molecule has 1 nitrogen and oxygen atoms in total. The lowest BCUT2D eigenvalue weighted by molar-refractivity contribution is 0.722. The Morgan fingerprint density at radius 1 is 1.17 bits per heavy atom. The van der Waals surface area contributed by atoms with Gasteiger partial charge in [-0.2, -0.15) is 0 Å². The van der Waals surface area contributed by atoms with E-state index in [1.165, 1.54) is 32.1 Å². The van der Waals surface area contributed by atoms with Gasteiger partial charge >= 0.3 is 0 Å². The number of hydrogen-bond donors (Lipinski definition) is 1. The van der Waals surface area contributed by atoms with Crippen LogP contribution in [-0.4, -0.2) is 6.54 Å². The Bertz CT molecular complexity index is 106. The second-order valence-corrected chi connectivity index (χ2v) is 3.27. The summed E-state index contributed by atoms with van der Waals surface area (Å²) in [5, 5.41) is 0. The minimum atomic E-state index is 0.827. The molecule has 0 aliphatic heterocycles. The van der Waals surface area contributed by atoms with Gasteiger partial charge in [0.05, 0.1) is 0 Å². The number of rotatable bonds is 7. The van der Waals surface area contributed by atoms with Gasteiger partial charge in [-0.3, -0.25) is 0 Å².